The third-order valence-corrected chi connectivity index (χ3v) is 5.83. The van der Waals surface area contributed by atoms with Crippen LogP contribution in [0.2, 0.25) is 0 Å². The Kier molecular flexibility index (Phi) is 7.73. The maximum Gasteiger partial charge on any atom is 0.191 e. The first-order valence-corrected chi connectivity index (χ1v) is 10.7. The highest BCUT2D eigenvalue weighted by atomic mass is 32.2. The lowest BCUT2D eigenvalue weighted by Gasteiger charge is -2.18. The zero-order valence-corrected chi connectivity index (χ0v) is 17.7. The molecule has 3 rings (SSSR count). The molecule has 1 aliphatic rings. The average molecular weight is 403 g/mol. The number of nitrogens with zero attached hydrogens (tertiary/aromatic N) is 4. The van der Waals surface area contributed by atoms with Gasteiger partial charge >= 0.3 is 0 Å². The molecular formula is C20H30N6OS. The van der Waals surface area contributed by atoms with Gasteiger partial charge in [-0.15, -0.1) is 22.0 Å². The number of nitrogens with one attached hydrogen (secondary N) is 2. The molecule has 2 N–H and O–H groups in total. The van der Waals surface area contributed by atoms with Crippen molar-refractivity contribution in [3.8, 4) is 0 Å². The van der Waals surface area contributed by atoms with Crippen molar-refractivity contribution in [1.82, 2.24) is 25.4 Å². The quantitative estimate of drug-likeness (QED) is 0.401. The number of hydrogen-bond acceptors (Lipinski definition) is 5. The van der Waals surface area contributed by atoms with Gasteiger partial charge in [-0.2, -0.15) is 0 Å². The van der Waals surface area contributed by atoms with Crippen LogP contribution in [0.15, 0.2) is 40.2 Å². The van der Waals surface area contributed by atoms with Gasteiger partial charge in [-0.05, 0) is 31.9 Å². The number of rotatable bonds is 8. The van der Waals surface area contributed by atoms with Gasteiger partial charge in [0.25, 0.3) is 0 Å². The van der Waals surface area contributed by atoms with Crippen LogP contribution < -0.4 is 10.6 Å². The van der Waals surface area contributed by atoms with Crippen molar-refractivity contribution in [2.24, 2.45) is 12.0 Å². The van der Waals surface area contributed by atoms with E-state index in [9.17, 15) is 0 Å². The first-order chi connectivity index (χ1) is 13.6. The number of guanidine groups is 1. The van der Waals surface area contributed by atoms with Gasteiger partial charge in [-0.3, -0.25) is 0 Å². The van der Waals surface area contributed by atoms with E-state index in [1.807, 2.05) is 36.4 Å². The summed E-state index contributed by atoms with van der Waals surface area (Å²) in [4.78, 5) is 5.99. The lowest BCUT2D eigenvalue weighted by molar-refractivity contribution is 0.114. The van der Waals surface area contributed by atoms with Crippen LogP contribution in [0.4, 0.5) is 0 Å². The SMILES string of the molecule is Cc1nnc(CN=C(NCC2CCCO2)NCC(C)Sc2ccccc2)n1C. The van der Waals surface area contributed by atoms with Gasteiger partial charge < -0.3 is 19.9 Å². The van der Waals surface area contributed by atoms with Crippen molar-refractivity contribution in [3.63, 3.8) is 0 Å². The molecular weight excluding hydrogens is 372 g/mol. The van der Waals surface area contributed by atoms with Crippen LogP contribution in [-0.2, 0) is 18.3 Å². The Morgan fingerprint density at radius 1 is 1.32 bits per heavy atom. The Morgan fingerprint density at radius 3 is 2.82 bits per heavy atom. The molecule has 1 fully saturated rings. The molecule has 1 saturated heterocycles. The minimum Gasteiger partial charge on any atom is -0.376 e. The second-order valence-corrected chi connectivity index (χ2v) is 8.54. The topological polar surface area (TPSA) is 76.4 Å². The van der Waals surface area contributed by atoms with Crippen molar-refractivity contribution in [2.45, 2.75) is 49.5 Å². The van der Waals surface area contributed by atoms with Gasteiger partial charge in [-0.1, -0.05) is 25.1 Å². The van der Waals surface area contributed by atoms with Crippen LogP contribution in [0.1, 0.15) is 31.4 Å². The van der Waals surface area contributed by atoms with E-state index in [0.29, 0.717) is 11.8 Å². The number of benzene rings is 1. The van der Waals surface area contributed by atoms with E-state index >= 15 is 0 Å². The minimum atomic E-state index is 0.264. The van der Waals surface area contributed by atoms with Gasteiger partial charge in [0.05, 0.1) is 6.10 Å². The summed E-state index contributed by atoms with van der Waals surface area (Å²) in [6.45, 7) is 7.08. The van der Waals surface area contributed by atoms with Gasteiger partial charge in [0, 0.05) is 36.9 Å². The predicted octanol–water partition coefficient (Wildman–Crippen LogP) is 2.52. The maximum absolute atomic E-state index is 5.72. The molecule has 2 unspecified atom stereocenters. The summed E-state index contributed by atoms with van der Waals surface area (Å²) >= 11 is 1.85. The lowest BCUT2D eigenvalue weighted by atomic mass is 10.2. The predicted molar refractivity (Wildman–Crippen MR) is 114 cm³/mol. The molecule has 2 aromatic rings. The first-order valence-electron chi connectivity index (χ1n) is 9.82. The van der Waals surface area contributed by atoms with E-state index in [4.69, 9.17) is 9.73 Å². The molecule has 28 heavy (non-hydrogen) atoms. The van der Waals surface area contributed by atoms with E-state index in [0.717, 1.165) is 50.1 Å². The highest BCUT2D eigenvalue weighted by molar-refractivity contribution is 8.00. The van der Waals surface area contributed by atoms with Gasteiger partial charge in [0.15, 0.2) is 11.8 Å². The summed E-state index contributed by atoms with van der Waals surface area (Å²) in [5.74, 6) is 2.53. The van der Waals surface area contributed by atoms with Gasteiger partial charge in [-0.25, -0.2) is 4.99 Å². The third-order valence-electron chi connectivity index (χ3n) is 4.72. The fourth-order valence-corrected chi connectivity index (χ4v) is 3.89. The van der Waals surface area contributed by atoms with Crippen LogP contribution in [0.3, 0.4) is 0 Å². The highest BCUT2D eigenvalue weighted by Gasteiger charge is 2.16. The van der Waals surface area contributed by atoms with Crippen LogP contribution in [-0.4, -0.2) is 51.8 Å². The number of aliphatic imine (C=N–C) groups is 1. The monoisotopic (exact) mass is 402 g/mol. The van der Waals surface area contributed by atoms with Crippen LogP contribution in [0, 0.1) is 6.92 Å². The maximum atomic E-state index is 5.72. The first kappa shape index (κ1) is 20.7. The Bertz CT molecular complexity index is 757. The second-order valence-electron chi connectivity index (χ2n) is 7.03. The smallest absolute Gasteiger partial charge is 0.191 e. The Labute approximate surface area is 171 Å². The van der Waals surface area contributed by atoms with Crippen molar-refractivity contribution < 1.29 is 4.74 Å². The standard InChI is InChI=1S/C20H30N6OS/c1-15(28-18-9-5-4-6-10-18)12-21-20(22-13-17-8-7-11-27-17)23-14-19-25-24-16(2)26(19)3/h4-6,9-10,15,17H,7-8,11-14H2,1-3H3,(H2,21,22,23). The molecule has 0 aliphatic carbocycles. The zero-order valence-electron chi connectivity index (χ0n) is 16.9. The summed E-state index contributed by atoms with van der Waals surface area (Å²) in [7, 11) is 1.96. The Morgan fingerprint density at radius 2 is 2.14 bits per heavy atom. The molecule has 2 heterocycles. The molecule has 8 heteroatoms. The normalized spacial score (nSPS) is 18.2. The number of hydrogen-bond donors (Lipinski definition) is 2. The molecule has 1 aromatic heterocycles. The van der Waals surface area contributed by atoms with E-state index in [2.05, 4.69) is 52.0 Å². The molecule has 2 atom stereocenters. The molecule has 152 valence electrons. The van der Waals surface area contributed by atoms with Crippen molar-refractivity contribution >= 4 is 17.7 Å². The summed E-state index contributed by atoms with van der Waals surface area (Å²) in [5.41, 5.74) is 0. The summed E-state index contributed by atoms with van der Waals surface area (Å²) in [6, 6.07) is 10.5. The summed E-state index contributed by atoms with van der Waals surface area (Å²) < 4.78 is 7.68. The molecule has 0 radical (unpaired) electrons. The minimum absolute atomic E-state index is 0.264. The summed E-state index contributed by atoms with van der Waals surface area (Å²) in [5, 5.41) is 15.6. The Hall–Kier alpha value is -2.06. The molecule has 7 nitrogen and oxygen atoms in total. The third kappa shape index (κ3) is 6.24. The molecule has 0 spiro atoms. The van der Waals surface area contributed by atoms with Crippen LogP contribution in [0.25, 0.3) is 0 Å². The van der Waals surface area contributed by atoms with Crippen molar-refractivity contribution in [3.05, 3.63) is 42.0 Å². The average Bonchev–Trinajstić information content (AvgIpc) is 3.33. The van der Waals surface area contributed by atoms with Crippen molar-refractivity contribution in [2.75, 3.05) is 19.7 Å². The molecule has 0 bridgehead atoms. The van der Waals surface area contributed by atoms with Crippen LogP contribution >= 0.6 is 11.8 Å². The molecule has 1 aromatic carbocycles. The molecule has 1 aliphatic heterocycles. The number of aryl methyl sites for hydroxylation is 1. The fourth-order valence-electron chi connectivity index (χ4n) is 2.94. The molecule has 0 saturated carbocycles. The summed E-state index contributed by atoms with van der Waals surface area (Å²) in [6.07, 6.45) is 2.50. The molecule has 0 amide bonds. The highest BCUT2D eigenvalue weighted by Crippen LogP contribution is 2.21. The number of thioether (sulfide) groups is 1. The van der Waals surface area contributed by atoms with E-state index < -0.39 is 0 Å². The van der Waals surface area contributed by atoms with E-state index in [1.54, 1.807) is 0 Å². The zero-order chi connectivity index (χ0) is 19.8. The van der Waals surface area contributed by atoms with Crippen LogP contribution in [0.5, 0.6) is 0 Å². The van der Waals surface area contributed by atoms with E-state index in [-0.39, 0.29) is 6.10 Å². The second kappa shape index (κ2) is 10.5. The Balaban J connectivity index is 1.56. The largest absolute Gasteiger partial charge is 0.376 e. The number of ether oxygens (including phenoxy) is 1. The van der Waals surface area contributed by atoms with Gasteiger partial charge in [0.2, 0.25) is 0 Å². The van der Waals surface area contributed by atoms with Gasteiger partial charge in [0.1, 0.15) is 12.4 Å². The number of aromatic nitrogens is 3. The lowest BCUT2D eigenvalue weighted by Crippen LogP contribution is -2.43. The van der Waals surface area contributed by atoms with E-state index in [1.165, 1.54) is 4.90 Å². The fraction of sp³-hybridized carbons (Fsp3) is 0.550. The van der Waals surface area contributed by atoms with Crippen molar-refractivity contribution in [1.29, 1.82) is 0 Å².